The minimum atomic E-state index is -0.751. The fraction of sp³-hybridized carbons (Fsp3) is 0.235. The SMILES string of the molecule is Cc1cccc(C(O)c2ccc3c(c2)C(=O)NCC3)c1Br. The molecule has 1 amide bonds. The number of hydrogen-bond donors (Lipinski definition) is 2. The van der Waals surface area contributed by atoms with Crippen molar-refractivity contribution in [2.24, 2.45) is 0 Å². The van der Waals surface area contributed by atoms with Gasteiger partial charge in [-0.1, -0.05) is 46.3 Å². The first kappa shape index (κ1) is 14.3. The van der Waals surface area contributed by atoms with Crippen molar-refractivity contribution in [2.45, 2.75) is 19.4 Å². The van der Waals surface area contributed by atoms with Gasteiger partial charge in [-0.3, -0.25) is 4.79 Å². The topological polar surface area (TPSA) is 49.3 Å². The van der Waals surface area contributed by atoms with Crippen molar-refractivity contribution in [3.8, 4) is 0 Å². The van der Waals surface area contributed by atoms with Crippen molar-refractivity contribution in [1.29, 1.82) is 0 Å². The van der Waals surface area contributed by atoms with Gasteiger partial charge in [-0.15, -0.1) is 0 Å². The molecule has 1 aliphatic rings. The molecule has 3 nitrogen and oxygen atoms in total. The van der Waals surface area contributed by atoms with Crippen LogP contribution in [0.1, 0.15) is 38.7 Å². The summed E-state index contributed by atoms with van der Waals surface area (Å²) in [6.45, 7) is 2.66. The smallest absolute Gasteiger partial charge is 0.251 e. The van der Waals surface area contributed by atoms with Crippen LogP contribution >= 0.6 is 15.9 Å². The summed E-state index contributed by atoms with van der Waals surface area (Å²) >= 11 is 3.53. The van der Waals surface area contributed by atoms with Gasteiger partial charge in [0.1, 0.15) is 6.10 Å². The Balaban J connectivity index is 2.02. The third-order valence-electron chi connectivity index (χ3n) is 3.89. The van der Waals surface area contributed by atoms with Crippen LogP contribution in [0.15, 0.2) is 40.9 Å². The lowest BCUT2D eigenvalue weighted by molar-refractivity contribution is 0.0945. The van der Waals surface area contributed by atoms with Crippen molar-refractivity contribution in [3.63, 3.8) is 0 Å². The van der Waals surface area contributed by atoms with Gasteiger partial charge in [0.05, 0.1) is 0 Å². The first-order valence-corrected chi connectivity index (χ1v) is 7.71. The molecule has 0 aliphatic carbocycles. The second-order valence-corrected chi connectivity index (χ2v) is 6.10. The van der Waals surface area contributed by atoms with E-state index in [1.165, 1.54) is 0 Å². The van der Waals surface area contributed by atoms with E-state index in [4.69, 9.17) is 0 Å². The van der Waals surface area contributed by atoms with E-state index in [1.54, 1.807) is 6.07 Å². The van der Waals surface area contributed by atoms with E-state index in [-0.39, 0.29) is 5.91 Å². The summed E-state index contributed by atoms with van der Waals surface area (Å²) in [5.74, 6) is -0.0615. The number of benzene rings is 2. The molecule has 3 rings (SSSR count). The minimum Gasteiger partial charge on any atom is -0.384 e. The molecule has 0 spiro atoms. The van der Waals surface area contributed by atoms with E-state index >= 15 is 0 Å². The fourth-order valence-electron chi connectivity index (χ4n) is 2.66. The highest BCUT2D eigenvalue weighted by molar-refractivity contribution is 9.10. The zero-order valence-corrected chi connectivity index (χ0v) is 13.3. The summed E-state index contributed by atoms with van der Waals surface area (Å²) in [6.07, 6.45) is 0.0882. The Hall–Kier alpha value is -1.65. The molecule has 2 aromatic rings. The van der Waals surface area contributed by atoms with Gasteiger partial charge in [0.25, 0.3) is 5.91 Å². The third kappa shape index (κ3) is 2.61. The number of aliphatic hydroxyl groups excluding tert-OH is 1. The standard InChI is InChI=1S/C17H16BrNO2/c1-10-3-2-4-13(15(10)18)16(20)12-6-5-11-7-8-19-17(21)14(11)9-12/h2-6,9,16,20H,7-8H2,1H3,(H,19,21). The molecule has 0 radical (unpaired) electrons. The highest BCUT2D eigenvalue weighted by atomic mass is 79.9. The predicted molar refractivity (Wildman–Crippen MR) is 85.4 cm³/mol. The van der Waals surface area contributed by atoms with Crippen molar-refractivity contribution in [1.82, 2.24) is 5.32 Å². The quantitative estimate of drug-likeness (QED) is 0.878. The Kier molecular flexibility index (Phi) is 3.83. The molecule has 1 unspecified atom stereocenters. The summed E-state index contributed by atoms with van der Waals surface area (Å²) in [4.78, 5) is 11.9. The van der Waals surface area contributed by atoms with Crippen molar-refractivity contribution < 1.29 is 9.90 Å². The lowest BCUT2D eigenvalue weighted by atomic mass is 9.93. The molecule has 1 heterocycles. The summed E-state index contributed by atoms with van der Waals surface area (Å²) in [5, 5.41) is 13.5. The van der Waals surface area contributed by atoms with Gasteiger partial charge in [0, 0.05) is 16.6 Å². The second kappa shape index (κ2) is 5.62. The van der Waals surface area contributed by atoms with Crippen molar-refractivity contribution in [2.75, 3.05) is 6.54 Å². The summed E-state index contributed by atoms with van der Waals surface area (Å²) in [7, 11) is 0. The number of fused-ring (bicyclic) bond motifs is 1. The number of carbonyl (C=O) groups excluding carboxylic acids is 1. The van der Waals surface area contributed by atoms with Gasteiger partial charge < -0.3 is 10.4 Å². The molecule has 2 N–H and O–H groups in total. The fourth-order valence-corrected chi connectivity index (χ4v) is 3.14. The normalized spacial score (nSPS) is 15.3. The van der Waals surface area contributed by atoms with Gasteiger partial charge in [0.2, 0.25) is 0 Å². The Labute approximate surface area is 132 Å². The number of aryl methyl sites for hydroxylation is 1. The summed E-state index contributed by atoms with van der Waals surface area (Å²) < 4.78 is 0.902. The van der Waals surface area contributed by atoms with E-state index in [0.29, 0.717) is 12.1 Å². The maximum atomic E-state index is 11.9. The zero-order valence-electron chi connectivity index (χ0n) is 11.7. The van der Waals surface area contributed by atoms with Gasteiger partial charge >= 0.3 is 0 Å². The van der Waals surface area contributed by atoms with Gasteiger partial charge in [-0.25, -0.2) is 0 Å². The van der Waals surface area contributed by atoms with Crippen LogP contribution < -0.4 is 5.32 Å². The Morgan fingerprint density at radius 2 is 2.10 bits per heavy atom. The second-order valence-electron chi connectivity index (χ2n) is 5.30. The Bertz CT molecular complexity index is 712. The van der Waals surface area contributed by atoms with E-state index < -0.39 is 6.10 Å². The molecule has 0 aromatic heterocycles. The molecule has 0 saturated carbocycles. The lowest BCUT2D eigenvalue weighted by Crippen LogP contribution is -2.31. The molecule has 108 valence electrons. The first-order chi connectivity index (χ1) is 10.1. The van der Waals surface area contributed by atoms with Crippen LogP contribution in [0.25, 0.3) is 0 Å². The molecule has 2 aromatic carbocycles. The molecule has 21 heavy (non-hydrogen) atoms. The molecule has 1 atom stereocenters. The molecular weight excluding hydrogens is 330 g/mol. The van der Waals surface area contributed by atoms with E-state index in [9.17, 15) is 9.90 Å². The van der Waals surface area contributed by atoms with E-state index in [0.717, 1.165) is 33.1 Å². The highest BCUT2D eigenvalue weighted by Gasteiger charge is 2.20. The van der Waals surface area contributed by atoms with Crippen LogP contribution in [0, 0.1) is 6.92 Å². The number of nitrogens with one attached hydrogen (secondary N) is 1. The van der Waals surface area contributed by atoms with Crippen LogP contribution in [0.5, 0.6) is 0 Å². The number of hydrogen-bond acceptors (Lipinski definition) is 2. The van der Waals surface area contributed by atoms with E-state index in [1.807, 2.05) is 37.3 Å². The van der Waals surface area contributed by atoms with Gasteiger partial charge in [-0.2, -0.15) is 0 Å². The average molecular weight is 346 g/mol. The largest absolute Gasteiger partial charge is 0.384 e. The van der Waals surface area contributed by atoms with Crippen LogP contribution in [0.4, 0.5) is 0 Å². The maximum absolute atomic E-state index is 11.9. The maximum Gasteiger partial charge on any atom is 0.251 e. The molecule has 1 aliphatic heterocycles. The Morgan fingerprint density at radius 3 is 2.90 bits per heavy atom. The molecular formula is C17H16BrNO2. The van der Waals surface area contributed by atoms with Crippen LogP contribution in [0.3, 0.4) is 0 Å². The minimum absolute atomic E-state index is 0.0615. The number of aliphatic hydroxyl groups is 1. The highest BCUT2D eigenvalue weighted by Crippen LogP contribution is 2.31. The lowest BCUT2D eigenvalue weighted by Gasteiger charge is -2.20. The van der Waals surface area contributed by atoms with E-state index in [2.05, 4.69) is 21.2 Å². The Morgan fingerprint density at radius 1 is 1.29 bits per heavy atom. The third-order valence-corrected chi connectivity index (χ3v) is 4.97. The van der Waals surface area contributed by atoms with Crippen LogP contribution in [-0.4, -0.2) is 17.6 Å². The molecule has 4 heteroatoms. The number of rotatable bonds is 2. The van der Waals surface area contributed by atoms with Crippen LogP contribution in [0.2, 0.25) is 0 Å². The summed E-state index contributed by atoms with van der Waals surface area (Å²) in [6, 6.07) is 11.4. The monoisotopic (exact) mass is 345 g/mol. The molecule has 0 fully saturated rings. The first-order valence-electron chi connectivity index (χ1n) is 6.92. The van der Waals surface area contributed by atoms with Gasteiger partial charge in [0.15, 0.2) is 0 Å². The van der Waals surface area contributed by atoms with Crippen molar-refractivity contribution in [3.05, 3.63) is 68.7 Å². The zero-order chi connectivity index (χ0) is 15.0. The molecule has 0 saturated heterocycles. The predicted octanol–water partition coefficient (Wildman–Crippen LogP) is 3.13. The number of amides is 1. The van der Waals surface area contributed by atoms with Crippen molar-refractivity contribution >= 4 is 21.8 Å². The van der Waals surface area contributed by atoms with Crippen LogP contribution in [-0.2, 0) is 6.42 Å². The summed E-state index contributed by atoms with van der Waals surface area (Å²) in [5.41, 5.74) is 4.32. The van der Waals surface area contributed by atoms with Gasteiger partial charge in [-0.05, 0) is 41.7 Å². The number of carbonyl (C=O) groups is 1. The molecule has 0 bridgehead atoms. The average Bonchev–Trinajstić information content (AvgIpc) is 2.49. The number of halogens is 1.